The molecule has 126 valence electrons. The highest BCUT2D eigenvalue weighted by Gasteiger charge is 1.99. The van der Waals surface area contributed by atoms with Gasteiger partial charge >= 0.3 is 0 Å². The fourth-order valence-electron chi connectivity index (χ4n) is 2.27. The third-order valence-corrected chi connectivity index (χ3v) is 3.68. The molecular weight excluding hydrogens is 284 g/mol. The molecule has 1 aromatic rings. The van der Waals surface area contributed by atoms with Crippen molar-refractivity contribution < 1.29 is 4.79 Å². The summed E-state index contributed by atoms with van der Waals surface area (Å²) in [5.41, 5.74) is 4.54. The monoisotopic (exact) mass is 314 g/mol. The number of nitrogens with one attached hydrogen (secondary N) is 1. The molecule has 3 nitrogen and oxygen atoms in total. The first-order chi connectivity index (χ1) is 11.2. The number of hydrogen-bond acceptors (Lipinski definition) is 2. The molecule has 3 heteroatoms. The number of rotatable bonds is 11. The standard InChI is InChI=1S/C20H30N2O/c1-3-4-5-6-7-8-12-15-20(23)22-21-18(2)16-17-19-13-10-9-11-14-19/h9-11,13-14,16-17H,3-8,12,15H2,1-2H3,(H,22,23). The van der Waals surface area contributed by atoms with Crippen molar-refractivity contribution in [3.63, 3.8) is 0 Å². The molecule has 0 unspecified atom stereocenters. The fourth-order valence-corrected chi connectivity index (χ4v) is 2.27. The Kier molecular flexibility index (Phi) is 10.5. The van der Waals surface area contributed by atoms with Crippen molar-refractivity contribution >= 4 is 17.7 Å². The molecule has 0 atom stereocenters. The quantitative estimate of drug-likeness (QED) is 0.334. The molecule has 0 fully saturated rings. The van der Waals surface area contributed by atoms with Crippen LogP contribution in [0.2, 0.25) is 0 Å². The largest absolute Gasteiger partial charge is 0.273 e. The van der Waals surface area contributed by atoms with E-state index in [9.17, 15) is 4.79 Å². The van der Waals surface area contributed by atoms with Crippen LogP contribution in [0.15, 0.2) is 41.5 Å². The Bertz CT molecular complexity index is 492. The molecule has 1 N–H and O–H groups in total. The maximum absolute atomic E-state index is 11.7. The van der Waals surface area contributed by atoms with Crippen LogP contribution in [0.4, 0.5) is 0 Å². The number of carbonyl (C=O) groups excluding carboxylic acids is 1. The number of allylic oxidation sites excluding steroid dienone is 1. The zero-order chi connectivity index (χ0) is 16.8. The topological polar surface area (TPSA) is 41.5 Å². The number of benzene rings is 1. The minimum absolute atomic E-state index is 0.00557. The first-order valence-corrected chi connectivity index (χ1v) is 8.78. The van der Waals surface area contributed by atoms with Crippen LogP contribution in [-0.4, -0.2) is 11.6 Å². The van der Waals surface area contributed by atoms with Gasteiger partial charge in [0.05, 0.1) is 5.71 Å². The number of hydrogen-bond donors (Lipinski definition) is 1. The SMILES string of the molecule is CCCCCCCCCC(=O)NN=C(C)C=Cc1ccccc1. The van der Waals surface area contributed by atoms with Crippen molar-refractivity contribution in [1.82, 2.24) is 5.43 Å². The minimum atomic E-state index is 0.00557. The van der Waals surface area contributed by atoms with Crippen LogP contribution < -0.4 is 5.43 Å². The van der Waals surface area contributed by atoms with Gasteiger partial charge in [-0.2, -0.15) is 5.10 Å². The van der Waals surface area contributed by atoms with Crippen molar-refractivity contribution in [2.45, 2.75) is 65.2 Å². The maximum Gasteiger partial charge on any atom is 0.240 e. The third-order valence-electron chi connectivity index (χ3n) is 3.68. The third kappa shape index (κ3) is 10.5. The van der Waals surface area contributed by atoms with E-state index in [1.54, 1.807) is 0 Å². The van der Waals surface area contributed by atoms with Crippen LogP contribution >= 0.6 is 0 Å². The molecule has 0 aliphatic heterocycles. The Morgan fingerprint density at radius 3 is 2.39 bits per heavy atom. The normalized spacial score (nSPS) is 11.8. The van der Waals surface area contributed by atoms with E-state index < -0.39 is 0 Å². The van der Waals surface area contributed by atoms with Crippen LogP contribution in [0.5, 0.6) is 0 Å². The number of unbranched alkanes of at least 4 members (excludes halogenated alkanes) is 6. The van der Waals surface area contributed by atoms with Crippen molar-refractivity contribution in [3.8, 4) is 0 Å². The Balaban J connectivity index is 2.15. The van der Waals surface area contributed by atoms with E-state index in [1.807, 2.05) is 49.4 Å². The molecule has 0 bridgehead atoms. The maximum atomic E-state index is 11.7. The summed E-state index contributed by atoms with van der Waals surface area (Å²) in [7, 11) is 0. The van der Waals surface area contributed by atoms with Crippen molar-refractivity contribution in [3.05, 3.63) is 42.0 Å². The summed E-state index contributed by atoms with van der Waals surface area (Å²) in [6.07, 6.45) is 13.0. The first kappa shape index (κ1) is 19.1. The molecule has 23 heavy (non-hydrogen) atoms. The number of carbonyl (C=O) groups is 1. The molecule has 1 amide bonds. The summed E-state index contributed by atoms with van der Waals surface area (Å²) >= 11 is 0. The lowest BCUT2D eigenvalue weighted by molar-refractivity contribution is -0.121. The van der Waals surface area contributed by atoms with Crippen molar-refractivity contribution in [2.24, 2.45) is 5.10 Å². The van der Waals surface area contributed by atoms with Gasteiger partial charge in [0.2, 0.25) is 5.91 Å². The Hall–Kier alpha value is -1.90. The van der Waals surface area contributed by atoms with Crippen molar-refractivity contribution in [1.29, 1.82) is 0 Å². The average Bonchev–Trinajstić information content (AvgIpc) is 2.58. The lowest BCUT2D eigenvalue weighted by Crippen LogP contribution is -2.18. The van der Waals surface area contributed by atoms with E-state index in [2.05, 4.69) is 17.5 Å². The van der Waals surface area contributed by atoms with E-state index in [0.29, 0.717) is 6.42 Å². The Morgan fingerprint density at radius 1 is 1.04 bits per heavy atom. The van der Waals surface area contributed by atoms with Gasteiger partial charge in [-0.1, -0.05) is 81.9 Å². The molecule has 0 saturated carbocycles. The van der Waals surface area contributed by atoms with Gasteiger partial charge in [-0.3, -0.25) is 4.79 Å². The second-order valence-electron chi connectivity index (χ2n) is 5.90. The summed E-state index contributed by atoms with van der Waals surface area (Å²) in [5, 5.41) is 4.11. The number of nitrogens with zero attached hydrogens (tertiary/aromatic N) is 1. The van der Waals surface area contributed by atoms with Gasteiger partial charge in [0, 0.05) is 6.42 Å². The van der Waals surface area contributed by atoms with Crippen molar-refractivity contribution in [2.75, 3.05) is 0 Å². The molecule has 0 saturated heterocycles. The Labute approximate surface area is 140 Å². The molecule has 0 aromatic heterocycles. The molecular formula is C20H30N2O. The zero-order valence-electron chi connectivity index (χ0n) is 14.6. The first-order valence-electron chi connectivity index (χ1n) is 8.78. The summed E-state index contributed by atoms with van der Waals surface area (Å²) < 4.78 is 0. The highest BCUT2D eigenvalue weighted by molar-refractivity contribution is 5.96. The molecule has 0 aliphatic rings. The summed E-state index contributed by atoms with van der Waals surface area (Å²) in [5.74, 6) is 0.00557. The number of hydrazone groups is 1. The molecule has 0 radical (unpaired) electrons. The van der Waals surface area contributed by atoms with Gasteiger partial charge < -0.3 is 0 Å². The lowest BCUT2D eigenvalue weighted by Gasteiger charge is -2.02. The summed E-state index contributed by atoms with van der Waals surface area (Å²) in [4.78, 5) is 11.7. The zero-order valence-corrected chi connectivity index (χ0v) is 14.6. The van der Waals surface area contributed by atoms with E-state index in [4.69, 9.17) is 0 Å². The highest BCUT2D eigenvalue weighted by atomic mass is 16.2. The molecule has 1 aromatic carbocycles. The summed E-state index contributed by atoms with van der Waals surface area (Å²) in [6.45, 7) is 4.11. The molecule has 0 aliphatic carbocycles. The van der Waals surface area contributed by atoms with E-state index in [0.717, 1.165) is 24.1 Å². The van der Waals surface area contributed by atoms with Crippen LogP contribution in [0.1, 0.15) is 70.8 Å². The minimum Gasteiger partial charge on any atom is -0.273 e. The number of amides is 1. The van der Waals surface area contributed by atoms with Gasteiger partial charge in [-0.05, 0) is 25.0 Å². The van der Waals surface area contributed by atoms with E-state index in [-0.39, 0.29) is 5.91 Å². The predicted molar refractivity (Wildman–Crippen MR) is 99.3 cm³/mol. The predicted octanol–water partition coefficient (Wildman–Crippen LogP) is 5.33. The van der Waals surface area contributed by atoms with Gasteiger partial charge in [0.1, 0.15) is 0 Å². The highest BCUT2D eigenvalue weighted by Crippen LogP contribution is 2.08. The average molecular weight is 314 g/mol. The van der Waals surface area contributed by atoms with Crippen LogP contribution in [0, 0.1) is 0 Å². The van der Waals surface area contributed by atoms with E-state index in [1.165, 1.54) is 32.1 Å². The van der Waals surface area contributed by atoms with Gasteiger partial charge in [0.25, 0.3) is 0 Å². The molecule has 0 spiro atoms. The Morgan fingerprint density at radius 2 is 1.70 bits per heavy atom. The second-order valence-corrected chi connectivity index (χ2v) is 5.90. The fraction of sp³-hybridized carbons (Fsp3) is 0.500. The molecule has 1 rings (SSSR count). The van der Waals surface area contributed by atoms with Gasteiger partial charge in [0.15, 0.2) is 0 Å². The van der Waals surface area contributed by atoms with Crippen LogP contribution in [0.25, 0.3) is 6.08 Å². The lowest BCUT2D eigenvalue weighted by atomic mass is 10.1. The summed E-state index contributed by atoms with van der Waals surface area (Å²) in [6, 6.07) is 10.0. The second kappa shape index (κ2) is 12.6. The van der Waals surface area contributed by atoms with Crippen LogP contribution in [-0.2, 0) is 4.79 Å². The van der Waals surface area contributed by atoms with Gasteiger partial charge in [-0.25, -0.2) is 5.43 Å². The van der Waals surface area contributed by atoms with Crippen LogP contribution in [0.3, 0.4) is 0 Å². The van der Waals surface area contributed by atoms with E-state index >= 15 is 0 Å². The molecule has 0 heterocycles. The van der Waals surface area contributed by atoms with Gasteiger partial charge in [-0.15, -0.1) is 0 Å². The smallest absolute Gasteiger partial charge is 0.240 e.